The van der Waals surface area contributed by atoms with Gasteiger partial charge in [-0.3, -0.25) is 9.59 Å². The van der Waals surface area contributed by atoms with Crippen LogP contribution in [0.5, 0.6) is 0 Å². The number of Topliss-reactive ketones (excluding diaryl/α,β-unsaturated/α-hetero) is 1. The van der Waals surface area contributed by atoms with E-state index in [1.807, 2.05) is 20.8 Å². The predicted molar refractivity (Wildman–Crippen MR) is 111 cm³/mol. The van der Waals surface area contributed by atoms with E-state index in [4.69, 9.17) is 16.9 Å². The summed E-state index contributed by atoms with van der Waals surface area (Å²) in [6.45, 7) is 11.1. The Hall–Kier alpha value is -3.11. The molecular weight excluding hydrogens is 395 g/mol. The van der Waals surface area contributed by atoms with E-state index in [0.29, 0.717) is 5.56 Å². The number of hydrogen-bond donors (Lipinski definition) is 2. The molecule has 0 aliphatic rings. The molecule has 0 atom stereocenters. The molecule has 2 aromatic rings. The first-order chi connectivity index (χ1) is 13.4. The Balaban J connectivity index is 2.39. The summed E-state index contributed by atoms with van der Waals surface area (Å²) in [6.07, 6.45) is 0. The van der Waals surface area contributed by atoms with Gasteiger partial charge in [0.2, 0.25) is 5.78 Å². The summed E-state index contributed by atoms with van der Waals surface area (Å²) >= 11 is 6.33. The van der Waals surface area contributed by atoms with Crippen LogP contribution in [-0.2, 0) is 7.05 Å². The van der Waals surface area contributed by atoms with Gasteiger partial charge in [-0.25, -0.2) is 4.39 Å². The molecule has 6 nitrogen and oxygen atoms in total. The standard InChI is InChI=1S/C21H22ClFN4O2/c1-11-16(20(29)25-14-7-8-15(23)13(9-14)10-24)19(22)27(6)17(11)18(28)12(2)26-21(3,4)5/h7-9,26H,2H2,1,3-6H3,(H,25,29). The molecule has 0 radical (unpaired) electrons. The molecule has 0 fully saturated rings. The number of amides is 1. The van der Waals surface area contributed by atoms with Gasteiger partial charge in [-0.2, -0.15) is 5.26 Å². The van der Waals surface area contributed by atoms with Crippen LogP contribution in [-0.4, -0.2) is 21.8 Å². The van der Waals surface area contributed by atoms with Gasteiger partial charge in [-0.05, 0) is 51.5 Å². The second-order valence-electron chi connectivity index (χ2n) is 7.64. The molecule has 1 heterocycles. The van der Waals surface area contributed by atoms with Crippen LogP contribution < -0.4 is 10.6 Å². The Morgan fingerprint density at radius 2 is 1.93 bits per heavy atom. The summed E-state index contributed by atoms with van der Waals surface area (Å²) in [4.78, 5) is 25.7. The molecule has 29 heavy (non-hydrogen) atoms. The quantitative estimate of drug-likeness (QED) is 0.560. The first-order valence-corrected chi connectivity index (χ1v) is 9.12. The van der Waals surface area contributed by atoms with E-state index in [-0.39, 0.29) is 44.7 Å². The minimum absolute atomic E-state index is 0.0783. The van der Waals surface area contributed by atoms with Crippen molar-refractivity contribution in [2.45, 2.75) is 33.2 Å². The number of nitrogens with one attached hydrogen (secondary N) is 2. The molecule has 0 aliphatic carbocycles. The molecule has 2 N–H and O–H groups in total. The molecule has 1 aromatic carbocycles. The van der Waals surface area contributed by atoms with Gasteiger partial charge in [0.05, 0.1) is 22.5 Å². The summed E-state index contributed by atoms with van der Waals surface area (Å²) in [5.74, 6) is -1.64. The Labute approximate surface area is 174 Å². The Bertz CT molecular complexity index is 1060. The summed E-state index contributed by atoms with van der Waals surface area (Å²) < 4.78 is 14.9. The summed E-state index contributed by atoms with van der Waals surface area (Å²) in [5.41, 5.74) is 0.596. The van der Waals surface area contributed by atoms with Crippen LogP contribution in [0.3, 0.4) is 0 Å². The van der Waals surface area contributed by atoms with Crippen LogP contribution in [0.15, 0.2) is 30.5 Å². The molecule has 2 rings (SSSR count). The fourth-order valence-corrected chi connectivity index (χ4v) is 3.22. The SMILES string of the molecule is C=C(NC(C)(C)C)C(=O)c1c(C)c(C(=O)Nc2ccc(F)c(C#N)c2)c(Cl)n1C. The number of hydrogen-bond acceptors (Lipinski definition) is 4. The van der Waals surface area contributed by atoms with Gasteiger partial charge >= 0.3 is 0 Å². The van der Waals surface area contributed by atoms with Crippen molar-refractivity contribution in [2.24, 2.45) is 7.05 Å². The third-order valence-electron chi connectivity index (χ3n) is 4.15. The fourth-order valence-electron chi connectivity index (χ4n) is 2.91. The van der Waals surface area contributed by atoms with Gasteiger partial charge in [-0.15, -0.1) is 0 Å². The molecule has 0 saturated carbocycles. The number of nitriles is 1. The molecular formula is C21H22ClFN4O2. The van der Waals surface area contributed by atoms with Crippen LogP contribution in [0.1, 0.15) is 52.7 Å². The second kappa shape index (κ2) is 8.10. The lowest BCUT2D eigenvalue weighted by atomic mass is 10.0. The van der Waals surface area contributed by atoms with Gasteiger partial charge in [-0.1, -0.05) is 18.2 Å². The van der Waals surface area contributed by atoms with E-state index in [1.165, 1.54) is 16.7 Å². The fraction of sp³-hybridized carbons (Fsp3) is 0.286. The van der Waals surface area contributed by atoms with Gasteiger partial charge < -0.3 is 15.2 Å². The molecule has 152 valence electrons. The molecule has 8 heteroatoms. The summed E-state index contributed by atoms with van der Waals surface area (Å²) in [5, 5.41) is 14.6. The monoisotopic (exact) mass is 416 g/mol. The maximum absolute atomic E-state index is 13.5. The third kappa shape index (κ3) is 4.66. The zero-order chi connectivity index (χ0) is 22.1. The number of aromatic nitrogens is 1. The number of anilines is 1. The molecule has 0 bridgehead atoms. The van der Waals surface area contributed by atoms with E-state index >= 15 is 0 Å². The van der Waals surface area contributed by atoms with Crippen LogP contribution in [0.2, 0.25) is 5.15 Å². The van der Waals surface area contributed by atoms with E-state index in [9.17, 15) is 14.0 Å². The highest BCUT2D eigenvalue weighted by molar-refractivity contribution is 6.34. The van der Waals surface area contributed by atoms with Crippen molar-refractivity contribution in [2.75, 3.05) is 5.32 Å². The second-order valence-corrected chi connectivity index (χ2v) is 8.00. The minimum Gasteiger partial charge on any atom is -0.378 e. The topological polar surface area (TPSA) is 86.9 Å². The lowest BCUT2D eigenvalue weighted by Gasteiger charge is -2.23. The van der Waals surface area contributed by atoms with Crippen LogP contribution in [0, 0.1) is 24.1 Å². The lowest BCUT2D eigenvalue weighted by Crippen LogP contribution is -2.37. The van der Waals surface area contributed by atoms with Gasteiger partial charge in [0.1, 0.15) is 17.0 Å². The molecule has 0 unspecified atom stereocenters. The van der Waals surface area contributed by atoms with E-state index in [2.05, 4.69) is 17.2 Å². The molecule has 0 saturated heterocycles. The van der Waals surface area contributed by atoms with Crippen molar-refractivity contribution in [3.8, 4) is 6.07 Å². The number of halogens is 2. The summed E-state index contributed by atoms with van der Waals surface area (Å²) in [6, 6.07) is 5.36. The average molecular weight is 417 g/mol. The molecule has 0 aliphatic heterocycles. The maximum Gasteiger partial charge on any atom is 0.259 e. The Kier molecular flexibility index (Phi) is 6.19. The lowest BCUT2D eigenvalue weighted by molar-refractivity contribution is 0.101. The zero-order valence-corrected chi connectivity index (χ0v) is 17.7. The van der Waals surface area contributed by atoms with Crippen LogP contribution in [0.4, 0.5) is 10.1 Å². The normalized spacial score (nSPS) is 11.0. The van der Waals surface area contributed by atoms with Crippen molar-refractivity contribution < 1.29 is 14.0 Å². The number of ketones is 1. The van der Waals surface area contributed by atoms with E-state index < -0.39 is 11.7 Å². The highest BCUT2D eigenvalue weighted by Crippen LogP contribution is 2.28. The first kappa shape index (κ1) is 22.2. The first-order valence-electron chi connectivity index (χ1n) is 8.75. The Morgan fingerprint density at radius 3 is 2.48 bits per heavy atom. The van der Waals surface area contributed by atoms with E-state index in [1.54, 1.807) is 20.0 Å². The number of carbonyl (C=O) groups is 2. The number of carbonyl (C=O) groups excluding carboxylic acids is 2. The van der Waals surface area contributed by atoms with Crippen molar-refractivity contribution in [3.63, 3.8) is 0 Å². The van der Waals surface area contributed by atoms with Gasteiger partial charge in [0.25, 0.3) is 5.91 Å². The predicted octanol–water partition coefficient (Wildman–Crippen LogP) is 4.33. The van der Waals surface area contributed by atoms with Crippen molar-refractivity contribution in [1.82, 2.24) is 9.88 Å². The van der Waals surface area contributed by atoms with Crippen LogP contribution >= 0.6 is 11.6 Å². The number of benzene rings is 1. The average Bonchev–Trinajstić information content (AvgIpc) is 2.83. The highest BCUT2D eigenvalue weighted by Gasteiger charge is 2.28. The number of allylic oxidation sites excluding steroid dienone is 1. The Morgan fingerprint density at radius 1 is 1.31 bits per heavy atom. The molecule has 0 spiro atoms. The maximum atomic E-state index is 13.5. The molecule has 1 aromatic heterocycles. The van der Waals surface area contributed by atoms with Crippen LogP contribution in [0.25, 0.3) is 0 Å². The molecule has 1 amide bonds. The van der Waals surface area contributed by atoms with Crippen molar-refractivity contribution in [1.29, 1.82) is 5.26 Å². The zero-order valence-electron chi connectivity index (χ0n) is 16.9. The minimum atomic E-state index is -0.683. The smallest absolute Gasteiger partial charge is 0.259 e. The number of nitrogens with zero attached hydrogens (tertiary/aromatic N) is 2. The van der Waals surface area contributed by atoms with Crippen molar-refractivity contribution >= 4 is 29.0 Å². The van der Waals surface area contributed by atoms with Crippen molar-refractivity contribution in [3.05, 3.63) is 63.8 Å². The van der Waals surface area contributed by atoms with Gasteiger partial charge in [0.15, 0.2) is 0 Å². The van der Waals surface area contributed by atoms with Gasteiger partial charge in [0, 0.05) is 18.3 Å². The summed E-state index contributed by atoms with van der Waals surface area (Å²) in [7, 11) is 1.58. The third-order valence-corrected chi connectivity index (χ3v) is 4.60. The largest absolute Gasteiger partial charge is 0.378 e. The number of rotatable bonds is 5. The highest BCUT2D eigenvalue weighted by atomic mass is 35.5. The van der Waals surface area contributed by atoms with E-state index in [0.717, 1.165) is 6.07 Å².